The maximum absolute atomic E-state index is 13.0. The van der Waals surface area contributed by atoms with Crippen LogP contribution in [0.1, 0.15) is 23.1 Å². The minimum atomic E-state index is -4.40. The molecular weight excluding hydrogens is 479 g/mol. The lowest BCUT2D eigenvalue weighted by Gasteiger charge is -2.36. The van der Waals surface area contributed by atoms with Crippen LogP contribution in [0.15, 0.2) is 47.4 Å². The van der Waals surface area contributed by atoms with Gasteiger partial charge in [0.25, 0.3) is 0 Å². The highest BCUT2D eigenvalue weighted by Crippen LogP contribution is 2.40. The van der Waals surface area contributed by atoms with Gasteiger partial charge in [0.15, 0.2) is 0 Å². The van der Waals surface area contributed by atoms with Crippen LogP contribution in [0.2, 0.25) is 0 Å². The molecule has 35 heavy (non-hydrogen) atoms. The fourth-order valence-electron chi connectivity index (χ4n) is 4.63. The van der Waals surface area contributed by atoms with Gasteiger partial charge in [0.2, 0.25) is 11.8 Å². The third kappa shape index (κ3) is 5.24. The van der Waals surface area contributed by atoms with E-state index in [0.717, 1.165) is 30.8 Å². The number of benzene rings is 2. The predicted octanol–water partition coefficient (Wildman–Crippen LogP) is 4.42. The number of allylic oxidation sites excluding steroid dienone is 1. The number of thioether (sulfide) groups is 1. The second kappa shape index (κ2) is 9.67. The highest BCUT2D eigenvalue weighted by molar-refractivity contribution is 7.99. The Balaban J connectivity index is 1.29. The predicted molar refractivity (Wildman–Crippen MR) is 128 cm³/mol. The van der Waals surface area contributed by atoms with Crippen LogP contribution in [0.4, 0.5) is 24.5 Å². The molecule has 0 aliphatic carbocycles. The number of morpholine rings is 1. The number of ether oxygens (including phenoxy) is 1. The molecule has 0 saturated carbocycles. The summed E-state index contributed by atoms with van der Waals surface area (Å²) >= 11 is 1.36. The fourth-order valence-corrected chi connectivity index (χ4v) is 5.73. The van der Waals surface area contributed by atoms with Gasteiger partial charge in [-0.3, -0.25) is 14.5 Å². The van der Waals surface area contributed by atoms with Crippen molar-refractivity contribution in [3.8, 4) is 0 Å². The minimum Gasteiger partial charge on any atom is -0.379 e. The highest BCUT2D eigenvalue weighted by atomic mass is 32.2. The number of carbonyl (C=O) groups is 2. The third-order valence-electron chi connectivity index (χ3n) is 6.43. The van der Waals surface area contributed by atoms with Gasteiger partial charge < -0.3 is 15.4 Å². The van der Waals surface area contributed by atoms with Gasteiger partial charge in [0, 0.05) is 41.2 Å². The van der Waals surface area contributed by atoms with Crippen LogP contribution in [-0.2, 0) is 26.9 Å². The Morgan fingerprint density at radius 2 is 1.97 bits per heavy atom. The van der Waals surface area contributed by atoms with Crippen molar-refractivity contribution >= 4 is 40.5 Å². The summed E-state index contributed by atoms with van der Waals surface area (Å²) in [5, 5.41) is 5.76. The smallest absolute Gasteiger partial charge is 0.379 e. The molecular formula is C25H24F3N3O3S. The van der Waals surface area contributed by atoms with E-state index in [2.05, 4.69) is 15.5 Å². The Morgan fingerprint density at radius 3 is 2.74 bits per heavy atom. The highest BCUT2D eigenvalue weighted by Gasteiger charge is 2.33. The Labute approximate surface area is 204 Å². The first kappa shape index (κ1) is 23.9. The number of alkyl halides is 3. The van der Waals surface area contributed by atoms with E-state index in [0.29, 0.717) is 59.2 Å². The van der Waals surface area contributed by atoms with Crippen molar-refractivity contribution in [2.75, 3.05) is 42.7 Å². The zero-order chi connectivity index (χ0) is 24.6. The molecule has 2 aromatic rings. The van der Waals surface area contributed by atoms with Crippen LogP contribution >= 0.6 is 11.8 Å². The molecule has 1 unspecified atom stereocenters. The van der Waals surface area contributed by atoms with E-state index >= 15 is 0 Å². The second-order valence-electron chi connectivity index (χ2n) is 8.70. The molecule has 0 aromatic heterocycles. The van der Waals surface area contributed by atoms with E-state index in [-0.39, 0.29) is 17.9 Å². The molecule has 10 heteroatoms. The Bertz CT molecular complexity index is 1190. The lowest BCUT2D eigenvalue weighted by molar-refractivity contribution is -0.137. The quantitative estimate of drug-likeness (QED) is 0.607. The van der Waals surface area contributed by atoms with E-state index < -0.39 is 11.7 Å². The number of nitrogens with zero attached hydrogens (tertiary/aromatic N) is 1. The van der Waals surface area contributed by atoms with E-state index in [1.54, 1.807) is 12.1 Å². The van der Waals surface area contributed by atoms with Crippen LogP contribution in [0.3, 0.4) is 0 Å². The van der Waals surface area contributed by atoms with E-state index in [9.17, 15) is 22.8 Å². The Kier molecular flexibility index (Phi) is 6.61. The van der Waals surface area contributed by atoms with Gasteiger partial charge in [-0.1, -0.05) is 12.1 Å². The monoisotopic (exact) mass is 503 g/mol. The number of hydrogen-bond acceptors (Lipinski definition) is 5. The van der Waals surface area contributed by atoms with Gasteiger partial charge in [-0.2, -0.15) is 13.2 Å². The number of nitrogens with one attached hydrogen (secondary N) is 2. The molecule has 3 aliphatic rings. The zero-order valence-corrected chi connectivity index (χ0v) is 19.6. The number of hydrogen-bond donors (Lipinski definition) is 2. The first-order valence-corrected chi connectivity index (χ1v) is 12.4. The molecule has 6 nitrogen and oxygen atoms in total. The van der Waals surface area contributed by atoms with Crippen molar-refractivity contribution < 1.29 is 27.5 Å². The number of amides is 2. The van der Waals surface area contributed by atoms with Crippen LogP contribution < -0.4 is 10.6 Å². The molecule has 184 valence electrons. The molecule has 5 rings (SSSR count). The summed E-state index contributed by atoms with van der Waals surface area (Å²) in [6, 6.07) is 8.81. The molecule has 1 fully saturated rings. The maximum Gasteiger partial charge on any atom is 0.416 e. The molecule has 0 spiro atoms. The van der Waals surface area contributed by atoms with Crippen LogP contribution in [0.5, 0.6) is 0 Å². The molecule has 1 atom stereocenters. The average molecular weight is 504 g/mol. The van der Waals surface area contributed by atoms with Gasteiger partial charge in [-0.05, 0) is 53.8 Å². The molecule has 1 saturated heterocycles. The lowest BCUT2D eigenvalue weighted by Crippen LogP contribution is -2.52. The van der Waals surface area contributed by atoms with Gasteiger partial charge in [-0.25, -0.2) is 0 Å². The van der Waals surface area contributed by atoms with Crippen LogP contribution in [0, 0.1) is 0 Å². The minimum absolute atomic E-state index is 0.0699. The lowest BCUT2D eigenvalue weighted by atomic mass is 9.97. The maximum atomic E-state index is 13.0. The zero-order valence-electron chi connectivity index (χ0n) is 18.8. The van der Waals surface area contributed by atoms with Gasteiger partial charge in [0.05, 0.1) is 24.8 Å². The summed E-state index contributed by atoms with van der Waals surface area (Å²) in [6.07, 6.45) is -1.79. The number of rotatable bonds is 3. The Morgan fingerprint density at radius 1 is 1.17 bits per heavy atom. The molecule has 2 aromatic carbocycles. The first-order valence-electron chi connectivity index (χ1n) is 11.4. The van der Waals surface area contributed by atoms with Gasteiger partial charge in [-0.15, -0.1) is 11.8 Å². The van der Waals surface area contributed by atoms with Crippen molar-refractivity contribution in [1.82, 2.24) is 4.90 Å². The van der Waals surface area contributed by atoms with Crippen molar-refractivity contribution in [3.05, 3.63) is 59.2 Å². The van der Waals surface area contributed by atoms with E-state index in [4.69, 9.17) is 4.74 Å². The summed E-state index contributed by atoms with van der Waals surface area (Å²) in [5.41, 5.74) is 2.86. The molecule has 2 N–H and O–H groups in total. The van der Waals surface area contributed by atoms with Crippen LogP contribution in [-0.4, -0.2) is 54.8 Å². The molecule has 0 bridgehead atoms. The van der Waals surface area contributed by atoms with Crippen molar-refractivity contribution in [2.45, 2.75) is 30.0 Å². The normalized spacial score (nSPS) is 21.7. The summed E-state index contributed by atoms with van der Waals surface area (Å²) < 4.78 is 44.5. The number of anilines is 2. The van der Waals surface area contributed by atoms with Crippen molar-refractivity contribution in [2.24, 2.45) is 0 Å². The SMILES string of the molecule is O=C(C=C1CCSc2cc(C(F)(F)F)ccc21)Nc1ccc2c(c1)NC(=O)C(N1CCOCC1)C2. The topological polar surface area (TPSA) is 70.7 Å². The van der Waals surface area contributed by atoms with Crippen LogP contribution in [0.25, 0.3) is 5.57 Å². The van der Waals surface area contributed by atoms with Crippen molar-refractivity contribution in [1.29, 1.82) is 0 Å². The number of fused-ring (bicyclic) bond motifs is 2. The number of halogens is 3. The largest absolute Gasteiger partial charge is 0.416 e. The third-order valence-corrected chi connectivity index (χ3v) is 7.48. The van der Waals surface area contributed by atoms with E-state index in [1.165, 1.54) is 23.9 Å². The summed E-state index contributed by atoms with van der Waals surface area (Å²) in [6.45, 7) is 2.66. The average Bonchev–Trinajstić information content (AvgIpc) is 2.83. The standard InChI is InChI=1S/C25H24F3N3O3S/c26-25(27,28)17-2-4-19-15(5-10-35-22(19)13-17)12-23(32)29-18-3-1-16-11-21(24(33)30-20(16)14-18)31-6-8-34-9-7-31/h1-4,12-14,21H,5-11H2,(H,29,32)(H,30,33). The molecule has 3 aliphatic heterocycles. The summed E-state index contributed by atoms with van der Waals surface area (Å²) in [5.74, 6) is 0.161. The van der Waals surface area contributed by atoms with Gasteiger partial charge >= 0.3 is 6.18 Å². The Hall–Kier alpha value is -2.82. The summed E-state index contributed by atoms with van der Waals surface area (Å²) in [4.78, 5) is 28.1. The van der Waals surface area contributed by atoms with Crippen molar-refractivity contribution in [3.63, 3.8) is 0 Å². The second-order valence-corrected chi connectivity index (χ2v) is 9.83. The van der Waals surface area contributed by atoms with E-state index in [1.807, 2.05) is 6.07 Å². The molecule has 2 amide bonds. The molecule has 0 radical (unpaired) electrons. The van der Waals surface area contributed by atoms with Gasteiger partial charge in [0.1, 0.15) is 0 Å². The first-order chi connectivity index (χ1) is 16.8. The fraction of sp³-hybridized carbons (Fsp3) is 0.360. The summed E-state index contributed by atoms with van der Waals surface area (Å²) in [7, 11) is 0. The molecule has 3 heterocycles. The number of carbonyl (C=O) groups excluding carboxylic acids is 2.